The number of rotatable bonds is 10. The van der Waals surface area contributed by atoms with E-state index in [9.17, 15) is 24.0 Å². The van der Waals surface area contributed by atoms with E-state index in [1.54, 1.807) is 32.9 Å². The smallest absolute Gasteiger partial charge is 0.253 e. The van der Waals surface area contributed by atoms with E-state index in [1.807, 2.05) is 32.9 Å². The molecule has 0 radical (unpaired) electrons. The van der Waals surface area contributed by atoms with Crippen molar-refractivity contribution < 1.29 is 24.0 Å². The number of imide groups is 1. The topological polar surface area (TPSA) is 125 Å². The van der Waals surface area contributed by atoms with Crippen LogP contribution in [-0.4, -0.2) is 53.1 Å². The zero-order valence-electron chi connectivity index (χ0n) is 20.8. The first-order valence-electron chi connectivity index (χ1n) is 11.7. The van der Waals surface area contributed by atoms with E-state index < -0.39 is 35.7 Å². The van der Waals surface area contributed by atoms with Gasteiger partial charge in [-0.2, -0.15) is 0 Å². The van der Waals surface area contributed by atoms with E-state index >= 15 is 0 Å². The fourth-order valence-corrected chi connectivity index (χ4v) is 3.09. The quantitative estimate of drug-likeness (QED) is 0.450. The molecule has 0 saturated heterocycles. The van der Waals surface area contributed by atoms with E-state index in [1.165, 1.54) is 0 Å². The van der Waals surface area contributed by atoms with Crippen molar-refractivity contribution in [2.45, 2.75) is 66.5 Å². The molecule has 186 valence electrons. The van der Waals surface area contributed by atoms with E-state index in [0.717, 1.165) is 29.0 Å². The second kappa shape index (κ2) is 13.9. The normalized spacial score (nSPS) is 14.3. The summed E-state index contributed by atoms with van der Waals surface area (Å²) >= 11 is 0. The second-order valence-electron chi connectivity index (χ2n) is 7.97. The number of carbonyl (C=O) groups is 5. The first-order chi connectivity index (χ1) is 16.1. The van der Waals surface area contributed by atoms with Crippen LogP contribution in [0.25, 0.3) is 0 Å². The Labute approximate surface area is 201 Å². The van der Waals surface area contributed by atoms with Crippen LogP contribution in [0, 0.1) is 5.92 Å². The van der Waals surface area contributed by atoms with Gasteiger partial charge in [0, 0.05) is 30.8 Å². The Balaban J connectivity index is 0.00000281. The zero-order valence-corrected chi connectivity index (χ0v) is 20.8. The van der Waals surface area contributed by atoms with E-state index in [2.05, 4.69) is 16.0 Å². The highest BCUT2D eigenvalue weighted by molar-refractivity contribution is 6.13. The molecule has 1 aromatic rings. The minimum Gasteiger partial charge on any atom is -0.344 e. The molecular weight excluding hydrogens is 436 g/mol. The van der Waals surface area contributed by atoms with Crippen LogP contribution in [-0.2, 0) is 30.4 Å². The highest BCUT2D eigenvalue weighted by Crippen LogP contribution is 2.11. The summed E-state index contributed by atoms with van der Waals surface area (Å²) < 4.78 is 0. The van der Waals surface area contributed by atoms with Gasteiger partial charge in [-0.3, -0.25) is 28.9 Å². The molecule has 1 aliphatic rings. The molecule has 9 heteroatoms. The lowest BCUT2D eigenvalue weighted by Gasteiger charge is -2.24. The Morgan fingerprint density at radius 3 is 1.94 bits per heavy atom. The number of nitrogens with one attached hydrogen (secondary N) is 3. The largest absolute Gasteiger partial charge is 0.344 e. The third-order valence-corrected chi connectivity index (χ3v) is 5.11. The molecule has 0 fully saturated rings. The van der Waals surface area contributed by atoms with Crippen molar-refractivity contribution in [1.29, 1.82) is 0 Å². The molecule has 5 amide bonds. The molecule has 34 heavy (non-hydrogen) atoms. The molecule has 2 unspecified atom stereocenters. The van der Waals surface area contributed by atoms with Gasteiger partial charge < -0.3 is 16.0 Å². The molecule has 1 aromatic carbocycles. The van der Waals surface area contributed by atoms with Crippen molar-refractivity contribution in [2.24, 2.45) is 5.92 Å². The van der Waals surface area contributed by atoms with E-state index in [-0.39, 0.29) is 24.8 Å². The summed E-state index contributed by atoms with van der Waals surface area (Å²) in [7, 11) is 0. The predicted molar refractivity (Wildman–Crippen MR) is 131 cm³/mol. The van der Waals surface area contributed by atoms with Gasteiger partial charge in [-0.1, -0.05) is 46.8 Å². The Kier molecular flexibility index (Phi) is 11.7. The van der Waals surface area contributed by atoms with Crippen LogP contribution in [0.4, 0.5) is 5.69 Å². The standard InChI is InChI=1S/C23H30N4O5.C2H6/c1-5-16-6-8-17(9-7-16)25-22(31)15(4)24-23(32)21(14(2)3)26-18(28)12-13-27-19(29)10-11-20(27)30;1-2/h6-11,14-15,21H,5,12-13H2,1-4H3,(H,24,32)(H,25,31)(H,26,28);1-2H3. The maximum atomic E-state index is 12.7. The van der Waals surface area contributed by atoms with Crippen molar-refractivity contribution in [3.63, 3.8) is 0 Å². The lowest BCUT2D eigenvalue weighted by molar-refractivity contribution is -0.137. The number of benzene rings is 1. The monoisotopic (exact) mass is 472 g/mol. The van der Waals surface area contributed by atoms with Crippen molar-refractivity contribution >= 4 is 35.2 Å². The highest BCUT2D eigenvalue weighted by atomic mass is 16.2. The average Bonchev–Trinajstić information content (AvgIpc) is 3.14. The van der Waals surface area contributed by atoms with Crippen LogP contribution in [0.5, 0.6) is 0 Å². The van der Waals surface area contributed by atoms with Crippen LogP contribution >= 0.6 is 0 Å². The summed E-state index contributed by atoms with van der Waals surface area (Å²) in [5.74, 6) is -2.52. The number of hydrogen-bond acceptors (Lipinski definition) is 5. The Hall–Kier alpha value is -3.49. The summed E-state index contributed by atoms with van der Waals surface area (Å²) in [6.45, 7) is 11.1. The van der Waals surface area contributed by atoms with Gasteiger partial charge in [-0.05, 0) is 37.0 Å². The number of amides is 5. The lowest BCUT2D eigenvalue weighted by Crippen LogP contribution is -2.54. The molecule has 9 nitrogen and oxygen atoms in total. The summed E-state index contributed by atoms with van der Waals surface area (Å²) in [5, 5.41) is 8.00. The summed E-state index contributed by atoms with van der Waals surface area (Å²) in [5.41, 5.74) is 1.78. The minimum absolute atomic E-state index is 0.0709. The molecule has 3 N–H and O–H groups in total. The summed E-state index contributed by atoms with van der Waals surface area (Å²) in [4.78, 5) is 61.5. The van der Waals surface area contributed by atoms with E-state index in [4.69, 9.17) is 0 Å². The Morgan fingerprint density at radius 1 is 0.882 bits per heavy atom. The van der Waals surface area contributed by atoms with Crippen LogP contribution in [0.3, 0.4) is 0 Å². The molecule has 2 rings (SSSR count). The first-order valence-corrected chi connectivity index (χ1v) is 11.7. The maximum Gasteiger partial charge on any atom is 0.253 e. The van der Waals surface area contributed by atoms with Crippen molar-refractivity contribution in [3.8, 4) is 0 Å². The van der Waals surface area contributed by atoms with Crippen molar-refractivity contribution in [1.82, 2.24) is 15.5 Å². The fraction of sp³-hybridized carbons (Fsp3) is 0.480. The lowest BCUT2D eigenvalue weighted by atomic mass is 10.0. The Bertz CT molecular complexity index is 890. The second-order valence-corrected chi connectivity index (χ2v) is 7.97. The minimum atomic E-state index is -0.871. The molecule has 2 atom stereocenters. The third kappa shape index (κ3) is 8.46. The third-order valence-electron chi connectivity index (χ3n) is 5.11. The van der Waals surface area contributed by atoms with Crippen LogP contribution in [0.15, 0.2) is 36.4 Å². The number of anilines is 1. The van der Waals surface area contributed by atoms with Gasteiger partial charge in [0.25, 0.3) is 11.8 Å². The fourth-order valence-electron chi connectivity index (χ4n) is 3.09. The summed E-state index contributed by atoms with van der Waals surface area (Å²) in [6, 6.07) is 5.74. The molecule has 0 aromatic heterocycles. The van der Waals surface area contributed by atoms with Gasteiger partial charge in [-0.25, -0.2) is 0 Å². The molecule has 0 aliphatic carbocycles. The first kappa shape index (κ1) is 28.5. The number of nitrogens with zero attached hydrogens (tertiary/aromatic N) is 1. The van der Waals surface area contributed by atoms with Crippen molar-refractivity contribution in [2.75, 3.05) is 11.9 Å². The summed E-state index contributed by atoms with van der Waals surface area (Å²) in [6.07, 6.45) is 3.06. The molecular formula is C25H36N4O5. The molecule has 0 saturated carbocycles. The number of carbonyl (C=O) groups excluding carboxylic acids is 5. The van der Waals surface area contributed by atoms with Gasteiger partial charge >= 0.3 is 0 Å². The SMILES string of the molecule is CC.CCc1ccc(NC(=O)C(C)NC(=O)C(NC(=O)CCN2C(=O)C=CC2=O)C(C)C)cc1. The van der Waals surface area contributed by atoms with E-state index in [0.29, 0.717) is 5.69 Å². The molecule has 1 aliphatic heterocycles. The van der Waals surface area contributed by atoms with Gasteiger partial charge in [-0.15, -0.1) is 0 Å². The van der Waals surface area contributed by atoms with Gasteiger partial charge in [0.05, 0.1) is 0 Å². The van der Waals surface area contributed by atoms with Crippen molar-refractivity contribution in [3.05, 3.63) is 42.0 Å². The predicted octanol–water partition coefficient (Wildman–Crippen LogP) is 2.17. The van der Waals surface area contributed by atoms with Crippen LogP contribution in [0.1, 0.15) is 53.5 Å². The maximum absolute atomic E-state index is 12.7. The van der Waals surface area contributed by atoms with Gasteiger partial charge in [0.1, 0.15) is 12.1 Å². The highest BCUT2D eigenvalue weighted by Gasteiger charge is 2.28. The van der Waals surface area contributed by atoms with Gasteiger partial charge in [0.15, 0.2) is 0 Å². The zero-order chi connectivity index (χ0) is 25.8. The van der Waals surface area contributed by atoms with Crippen LogP contribution < -0.4 is 16.0 Å². The number of aryl methyl sites for hydroxylation is 1. The molecule has 0 bridgehead atoms. The van der Waals surface area contributed by atoms with Crippen LogP contribution in [0.2, 0.25) is 0 Å². The Morgan fingerprint density at radius 2 is 1.44 bits per heavy atom. The average molecular weight is 473 g/mol. The van der Waals surface area contributed by atoms with Gasteiger partial charge in [0.2, 0.25) is 17.7 Å². The number of hydrogen-bond donors (Lipinski definition) is 3. The molecule has 0 spiro atoms. The molecule has 1 heterocycles.